The molecule has 2 rings (SSSR count). The monoisotopic (exact) mass is 136 g/mol. The summed E-state index contributed by atoms with van der Waals surface area (Å²) in [4.78, 5) is 4.17. The van der Waals surface area contributed by atoms with Gasteiger partial charge in [-0.05, 0) is 0 Å². The lowest BCUT2D eigenvalue weighted by Gasteiger charge is -2.05. The highest BCUT2D eigenvalue weighted by atomic mass is 15.3. The summed E-state index contributed by atoms with van der Waals surface area (Å²) >= 11 is 0. The predicted molar refractivity (Wildman–Crippen MR) is 37.6 cm³/mol. The number of aromatic nitrogens is 2. The van der Waals surface area contributed by atoms with E-state index in [0.29, 0.717) is 0 Å². The fraction of sp³-hybridized carbons (Fsp3) is 0.333. The molecule has 4 heteroatoms. The zero-order chi connectivity index (χ0) is 6.97. The Morgan fingerprint density at radius 1 is 1.70 bits per heavy atom. The first-order valence-electron chi connectivity index (χ1n) is 3.14. The van der Waals surface area contributed by atoms with Crippen molar-refractivity contribution >= 4 is 6.21 Å². The molecule has 1 aliphatic heterocycles. The molecule has 0 bridgehead atoms. The van der Waals surface area contributed by atoms with Gasteiger partial charge < -0.3 is 9.99 Å². The normalized spacial score (nSPS) is 14.5. The first kappa shape index (κ1) is 5.46. The van der Waals surface area contributed by atoms with Gasteiger partial charge in [0.25, 0.3) is 0 Å². The highest BCUT2D eigenvalue weighted by molar-refractivity contribution is 5.79. The molecule has 0 atom stereocenters. The highest BCUT2D eigenvalue weighted by Gasteiger charge is 2.08. The van der Waals surface area contributed by atoms with Crippen LogP contribution in [0.15, 0.2) is 11.4 Å². The van der Waals surface area contributed by atoms with E-state index in [2.05, 4.69) is 15.5 Å². The number of aryl methyl sites for hydroxylation is 1. The summed E-state index contributed by atoms with van der Waals surface area (Å²) in [7, 11) is 1.96. The summed E-state index contributed by atoms with van der Waals surface area (Å²) in [5, 5.41) is 3.92. The second-order valence-corrected chi connectivity index (χ2v) is 2.28. The molecule has 1 aliphatic rings. The van der Waals surface area contributed by atoms with Crippen LogP contribution in [0, 0.1) is 0 Å². The summed E-state index contributed by atoms with van der Waals surface area (Å²) in [6.45, 7) is 0.743. The van der Waals surface area contributed by atoms with E-state index in [9.17, 15) is 0 Å². The molecule has 0 saturated carbocycles. The Morgan fingerprint density at radius 2 is 2.60 bits per heavy atom. The average molecular weight is 136 g/mol. The van der Waals surface area contributed by atoms with Crippen molar-refractivity contribution in [1.29, 1.82) is 0 Å². The lowest BCUT2D eigenvalue weighted by Crippen LogP contribution is -2.14. The van der Waals surface area contributed by atoms with Crippen molar-refractivity contribution in [2.45, 2.75) is 6.54 Å². The summed E-state index contributed by atoms with van der Waals surface area (Å²) < 4.78 is 1.96. The molecule has 1 N–H and O–H groups in total. The molecule has 4 nitrogen and oxygen atoms in total. The zero-order valence-corrected chi connectivity index (χ0v) is 5.70. The van der Waals surface area contributed by atoms with Crippen LogP contribution in [0.25, 0.3) is 0 Å². The van der Waals surface area contributed by atoms with Gasteiger partial charge in [-0.2, -0.15) is 5.10 Å². The number of fused-ring (bicyclic) bond motifs is 1. The Hall–Kier alpha value is -1.32. The van der Waals surface area contributed by atoms with Gasteiger partial charge in [0.15, 0.2) is 0 Å². The number of nitrogens with zero attached hydrogens (tertiary/aromatic N) is 3. The van der Waals surface area contributed by atoms with Gasteiger partial charge in [-0.1, -0.05) is 0 Å². The maximum atomic E-state index is 4.17. The van der Waals surface area contributed by atoms with Crippen LogP contribution >= 0.6 is 0 Å². The summed E-state index contributed by atoms with van der Waals surface area (Å²) in [5.74, 6) is 0. The number of hydrazone groups is 1. The molecule has 10 heavy (non-hydrogen) atoms. The molecule has 0 radical (unpaired) electrons. The highest BCUT2D eigenvalue weighted by Crippen LogP contribution is 2.05. The van der Waals surface area contributed by atoms with Crippen LogP contribution in [-0.2, 0) is 13.6 Å². The second-order valence-electron chi connectivity index (χ2n) is 2.28. The van der Waals surface area contributed by atoms with E-state index in [-0.39, 0.29) is 0 Å². The molecule has 1 aromatic rings. The number of rotatable bonds is 0. The number of hydrogen-bond acceptors (Lipinski definition) is 3. The van der Waals surface area contributed by atoms with Gasteiger partial charge in [-0.3, -0.25) is 0 Å². The Morgan fingerprint density at radius 3 is 3.40 bits per heavy atom. The number of hydrogen-bond donors (Lipinski definition) is 1. The van der Waals surface area contributed by atoms with E-state index >= 15 is 0 Å². The summed E-state index contributed by atoms with van der Waals surface area (Å²) in [6, 6.07) is 0. The SMILES string of the molecule is Cn1cnc2c1C=NNC2. The van der Waals surface area contributed by atoms with Crippen molar-refractivity contribution in [3.63, 3.8) is 0 Å². The smallest absolute Gasteiger partial charge is 0.0952 e. The van der Waals surface area contributed by atoms with Gasteiger partial charge in [-0.15, -0.1) is 0 Å². The van der Waals surface area contributed by atoms with Crippen LogP contribution < -0.4 is 5.43 Å². The number of imidazole rings is 1. The third-order valence-corrected chi connectivity index (χ3v) is 1.59. The minimum atomic E-state index is 0.743. The molecule has 1 aromatic heterocycles. The van der Waals surface area contributed by atoms with Crippen LogP contribution in [0.5, 0.6) is 0 Å². The molecule has 2 heterocycles. The average Bonchev–Trinajstić information content (AvgIpc) is 2.34. The van der Waals surface area contributed by atoms with Crippen LogP contribution in [0.2, 0.25) is 0 Å². The molecule has 0 aliphatic carbocycles. The zero-order valence-electron chi connectivity index (χ0n) is 5.70. The van der Waals surface area contributed by atoms with E-state index in [4.69, 9.17) is 0 Å². The van der Waals surface area contributed by atoms with Crippen molar-refractivity contribution in [3.05, 3.63) is 17.7 Å². The Bertz CT molecular complexity index is 273. The van der Waals surface area contributed by atoms with Gasteiger partial charge >= 0.3 is 0 Å². The predicted octanol–water partition coefficient (Wildman–Crippen LogP) is -0.143. The van der Waals surface area contributed by atoms with E-state index < -0.39 is 0 Å². The minimum Gasteiger partial charge on any atom is -0.333 e. The fourth-order valence-corrected chi connectivity index (χ4v) is 1.02. The first-order valence-corrected chi connectivity index (χ1v) is 3.14. The molecule has 0 unspecified atom stereocenters. The maximum Gasteiger partial charge on any atom is 0.0952 e. The van der Waals surface area contributed by atoms with Gasteiger partial charge in [0.05, 0.1) is 30.5 Å². The van der Waals surface area contributed by atoms with Crippen molar-refractivity contribution < 1.29 is 0 Å². The number of nitrogens with one attached hydrogen (secondary N) is 1. The van der Waals surface area contributed by atoms with Crippen molar-refractivity contribution in [1.82, 2.24) is 15.0 Å². The fourth-order valence-electron chi connectivity index (χ4n) is 1.02. The van der Waals surface area contributed by atoms with Crippen molar-refractivity contribution in [2.75, 3.05) is 0 Å². The van der Waals surface area contributed by atoms with E-state index in [1.54, 1.807) is 12.5 Å². The second kappa shape index (κ2) is 1.83. The molecule has 0 spiro atoms. The summed E-state index contributed by atoms with van der Waals surface area (Å²) in [5.41, 5.74) is 5.01. The molecule has 0 amide bonds. The molecular weight excluding hydrogens is 128 g/mol. The molecule has 0 aromatic carbocycles. The Balaban J connectivity index is 2.57. The van der Waals surface area contributed by atoms with Gasteiger partial charge in [0, 0.05) is 7.05 Å². The summed E-state index contributed by atoms with van der Waals surface area (Å²) in [6.07, 6.45) is 3.58. The van der Waals surface area contributed by atoms with Crippen molar-refractivity contribution in [3.8, 4) is 0 Å². The lowest BCUT2D eigenvalue weighted by molar-refractivity contribution is 0.715. The molecular formula is C6H8N4. The van der Waals surface area contributed by atoms with Gasteiger partial charge in [0.2, 0.25) is 0 Å². The molecule has 52 valence electrons. The maximum absolute atomic E-state index is 4.17. The van der Waals surface area contributed by atoms with Crippen LogP contribution in [-0.4, -0.2) is 15.8 Å². The topological polar surface area (TPSA) is 42.2 Å². The Labute approximate surface area is 58.6 Å². The first-order chi connectivity index (χ1) is 4.88. The lowest BCUT2D eigenvalue weighted by atomic mass is 10.3. The van der Waals surface area contributed by atoms with E-state index in [0.717, 1.165) is 17.9 Å². The minimum absolute atomic E-state index is 0.743. The van der Waals surface area contributed by atoms with Crippen molar-refractivity contribution in [2.24, 2.45) is 12.1 Å². The van der Waals surface area contributed by atoms with E-state index in [1.165, 1.54) is 0 Å². The van der Waals surface area contributed by atoms with Crippen LogP contribution in [0.3, 0.4) is 0 Å². The Kier molecular flexibility index (Phi) is 1.00. The quantitative estimate of drug-likeness (QED) is 0.539. The van der Waals surface area contributed by atoms with E-state index in [1.807, 2.05) is 11.6 Å². The standard InChI is InChI=1S/C6H8N4/c1-10-4-7-5-2-8-9-3-6(5)10/h3-4,8H,2H2,1H3. The van der Waals surface area contributed by atoms with Crippen LogP contribution in [0.4, 0.5) is 0 Å². The van der Waals surface area contributed by atoms with Gasteiger partial charge in [0.1, 0.15) is 0 Å². The van der Waals surface area contributed by atoms with Gasteiger partial charge in [-0.25, -0.2) is 4.98 Å². The third-order valence-electron chi connectivity index (χ3n) is 1.59. The largest absolute Gasteiger partial charge is 0.333 e. The molecule has 0 fully saturated rings. The third kappa shape index (κ3) is 0.618. The molecule has 0 saturated heterocycles. The van der Waals surface area contributed by atoms with Crippen LogP contribution in [0.1, 0.15) is 11.4 Å².